The normalized spacial score (nSPS) is 28.9. The van der Waals surface area contributed by atoms with Crippen LogP contribution >= 0.6 is 11.6 Å². The molecule has 2 nitrogen and oxygen atoms in total. The summed E-state index contributed by atoms with van der Waals surface area (Å²) in [6.45, 7) is 0.863. The molecule has 0 spiro atoms. The van der Waals surface area contributed by atoms with Gasteiger partial charge in [0.1, 0.15) is 5.38 Å². The van der Waals surface area contributed by atoms with E-state index in [0.717, 1.165) is 19.4 Å². The molecule has 0 aliphatic carbocycles. The Morgan fingerprint density at radius 3 is 2.89 bits per heavy atom. The number of likely N-dealkylation sites (tertiary alicyclic amines) is 1. The molecule has 1 atom stereocenters. The van der Waals surface area contributed by atoms with Crippen LogP contribution in [0.5, 0.6) is 0 Å². The number of hydrogen-bond acceptors (Lipinski definition) is 1. The zero-order valence-corrected chi connectivity index (χ0v) is 6.19. The molecular formula is C6H10ClNO. The maximum absolute atomic E-state index is 10.9. The Morgan fingerprint density at radius 2 is 2.44 bits per heavy atom. The Morgan fingerprint density at radius 1 is 1.78 bits per heavy atom. The van der Waals surface area contributed by atoms with E-state index in [4.69, 9.17) is 11.6 Å². The Hall–Kier alpha value is -0.240. The molecule has 9 heavy (non-hydrogen) atoms. The van der Waals surface area contributed by atoms with E-state index in [1.54, 1.807) is 11.9 Å². The molecule has 1 fully saturated rings. The largest absolute Gasteiger partial charge is 0.344 e. The number of hydrogen-bond donors (Lipinski definition) is 0. The molecule has 52 valence electrons. The highest BCUT2D eigenvalue weighted by Gasteiger charge is 2.23. The van der Waals surface area contributed by atoms with Gasteiger partial charge in [0.05, 0.1) is 0 Å². The average molecular weight is 148 g/mol. The van der Waals surface area contributed by atoms with Crippen LogP contribution in [0.3, 0.4) is 0 Å². The molecule has 0 bridgehead atoms. The molecule has 1 saturated heterocycles. The highest BCUT2D eigenvalue weighted by molar-refractivity contribution is 6.30. The lowest BCUT2D eigenvalue weighted by Gasteiger charge is -2.25. The Kier molecular flexibility index (Phi) is 1.96. The van der Waals surface area contributed by atoms with E-state index in [0.29, 0.717) is 0 Å². The van der Waals surface area contributed by atoms with Crippen molar-refractivity contribution in [2.24, 2.45) is 0 Å². The van der Waals surface area contributed by atoms with E-state index in [1.807, 2.05) is 0 Å². The smallest absolute Gasteiger partial charge is 0.240 e. The summed E-state index contributed by atoms with van der Waals surface area (Å²) in [5, 5.41) is -0.260. The molecule has 0 aromatic heterocycles. The minimum Gasteiger partial charge on any atom is -0.344 e. The second kappa shape index (κ2) is 2.56. The predicted molar refractivity (Wildman–Crippen MR) is 36.5 cm³/mol. The number of nitrogens with zero attached hydrogens (tertiary/aromatic N) is 1. The number of amides is 1. The molecule has 0 aromatic rings. The van der Waals surface area contributed by atoms with Crippen molar-refractivity contribution in [2.75, 3.05) is 13.6 Å². The monoisotopic (exact) mass is 147 g/mol. The summed E-state index contributed by atoms with van der Waals surface area (Å²) in [5.74, 6) is 0.0721. The first-order valence-corrected chi connectivity index (χ1v) is 3.54. The van der Waals surface area contributed by atoms with Gasteiger partial charge in [-0.15, -0.1) is 11.6 Å². The SMILES string of the molecule is CN1CCCC(Cl)C1=O. The van der Waals surface area contributed by atoms with Crippen molar-refractivity contribution < 1.29 is 4.79 Å². The van der Waals surface area contributed by atoms with Crippen molar-refractivity contribution in [2.45, 2.75) is 18.2 Å². The zero-order chi connectivity index (χ0) is 6.85. The van der Waals surface area contributed by atoms with Crippen LogP contribution in [0.1, 0.15) is 12.8 Å². The third-order valence-corrected chi connectivity index (χ3v) is 2.00. The number of halogens is 1. The van der Waals surface area contributed by atoms with Gasteiger partial charge >= 0.3 is 0 Å². The van der Waals surface area contributed by atoms with Crippen molar-refractivity contribution in [3.8, 4) is 0 Å². The van der Waals surface area contributed by atoms with E-state index in [9.17, 15) is 4.79 Å². The lowest BCUT2D eigenvalue weighted by atomic mass is 10.1. The summed E-state index contributed by atoms with van der Waals surface area (Å²) in [7, 11) is 1.79. The van der Waals surface area contributed by atoms with Crippen molar-refractivity contribution >= 4 is 17.5 Å². The molecule has 1 aliphatic heterocycles. The fraction of sp³-hybridized carbons (Fsp3) is 0.833. The number of rotatable bonds is 0. The number of carbonyl (C=O) groups is 1. The molecular weight excluding hydrogens is 138 g/mol. The number of alkyl halides is 1. The third kappa shape index (κ3) is 1.36. The molecule has 0 saturated carbocycles. The average Bonchev–Trinajstić information content (AvgIpc) is 1.83. The fourth-order valence-electron chi connectivity index (χ4n) is 0.980. The number of carbonyl (C=O) groups excluding carboxylic acids is 1. The topological polar surface area (TPSA) is 20.3 Å². The van der Waals surface area contributed by atoms with Gasteiger partial charge in [0.15, 0.2) is 0 Å². The van der Waals surface area contributed by atoms with Gasteiger partial charge in [0.25, 0.3) is 0 Å². The van der Waals surface area contributed by atoms with E-state index >= 15 is 0 Å². The van der Waals surface area contributed by atoms with Crippen molar-refractivity contribution in [3.05, 3.63) is 0 Å². The summed E-state index contributed by atoms with van der Waals surface area (Å²) in [4.78, 5) is 12.6. The fourth-order valence-corrected chi connectivity index (χ4v) is 1.30. The van der Waals surface area contributed by atoms with Gasteiger partial charge in [-0.25, -0.2) is 0 Å². The summed E-state index contributed by atoms with van der Waals surface area (Å²) in [5.41, 5.74) is 0. The van der Waals surface area contributed by atoms with Crippen LogP contribution in [0.2, 0.25) is 0 Å². The predicted octanol–water partition coefficient (Wildman–Crippen LogP) is 0.846. The highest BCUT2D eigenvalue weighted by atomic mass is 35.5. The van der Waals surface area contributed by atoms with Crippen LogP contribution in [0.15, 0.2) is 0 Å². The van der Waals surface area contributed by atoms with E-state index in [2.05, 4.69) is 0 Å². The Balaban J connectivity index is 2.52. The summed E-state index contributed by atoms with van der Waals surface area (Å²) < 4.78 is 0. The maximum atomic E-state index is 10.9. The number of piperidine rings is 1. The molecule has 0 aromatic carbocycles. The molecule has 1 aliphatic rings. The highest BCUT2D eigenvalue weighted by Crippen LogP contribution is 2.14. The first-order valence-electron chi connectivity index (χ1n) is 3.11. The molecule has 3 heteroatoms. The Bertz CT molecular complexity index is 114. The van der Waals surface area contributed by atoms with Crippen LogP contribution in [-0.4, -0.2) is 29.8 Å². The molecule has 1 amide bonds. The van der Waals surface area contributed by atoms with Gasteiger partial charge in [-0.1, -0.05) is 0 Å². The van der Waals surface area contributed by atoms with Crippen LogP contribution in [0, 0.1) is 0 Å². The molecule has 1 rings (SSSR count). The van der Waals surface area contributed by atoms with Gasteiger partial charge in [-0.2, -0.15) is 0 Å². The van der Waals surface area contributed by atoms with Gasteiger partial charge in [-0.3, -0.25) is 4.79 Å². The van der Waals surface area contributed by atoms with Crippen LogP contribution < -0.4 is 0 Å². The quantitative estimate of drug-likeness (QED) is 0.465. The second-order valence-corrected chi connectivity index (χ2v) is 2.90. The van der Waals surface area contributed by atoms with Crippen LogP contribution in [0.4, 0.5) is 0 Å². The first-order chi connectivity index (χ1) is 4.22. The first kappa shape index (κ1) is 6.87. The Labute approximate surface area is 59.8 Å². The molecule has 0 N–H and O–H groups in total. The summed E-state index contributed by atoms with van der Waals surface area (Å²) in [6.07, 6.45) is 1.88. The van der Waals surface area contributed by atoms with Gasteiger partial charge in [0.2, 0.25) is 5.91 Å². The standard InChI is InChI=1S/C6H10ClNO/c1-8-4-2-3-5(7)6(8)9/h5H,2-4H2,1H3. The van der Waals surface area contributed by atoms with Crippen molar-refractivity contribution in [3.63, 3.8) is 0 Å². The molecule has 1 heterocycles. The zero-order valence-electron chi connectivity index (χ0n) is 5.43. The minimum absolute atomic E-state index is 0.0721. The van der Waals surface area contributed by atoms with Crippen molar-refractivity contribution in [1.82, 2.24) is 4.90 Å². The third-order valence-electron chi connectivity index (χ3n) is 1.60. The van der Waals surface area contributed by atoms with Gasteiger partial charge in [0, 0.05) is 13.6 Å². The van der Waals surface area contributed by atoms with E-state index in [1.165, 1.54) is 0 Å². The lowest BCUT2D eigenvalue weighted by Crippen LogP contribution is -2.38. The summed E-state index contributed by atoms with van der Waals surface area (Å²) in [6, 6.07) is 0. The minimum atomic E-state index is -0.260. The van der Waals surface area contributed by atoms with Crippen molar-refractivity contribution in [1.29, 1.82) is 0 Å². The lowest BCUT2D eigenvalue weighted by molar-refractivity contribution is -0.131. The van der Waals surface area contributed by atoms with E-state index in [-0.39, 0.29) is 11.3 Å². The summed E-state index contributed by atoms with van der Waals surface area (Å²) >= 11 is 5.67. The van der Waals surface area contributed by atoms with Crippen LogP contribution in [-0.2, 0) is 4.79 Å². The maximum Gasteiger partial charge on any atom is 0.240 e. The van der Waals surface area contributed by atoms with E-state index < -0.39 is 0 Å². The molecule has 1 unspecified atom stereocenters. The molecule has 0 radical (unpaired) electrons. The van der Waals surface area contributed by atoms with Crippen LogP contribution in [0.25, 0.3) is 0 Å². The van der Waals surface area contributed by atoms with Gasteiger partial charge in [-0.05, 0) is 12.8 Å². The second-order valence-electron chi connectivity index (χ2n) is 2.37. The van der Waals surface area contributed by atoms with Gasteiger partial charge < -0.3 is 4.90 Å².